The largest absolute Gasteiger partial charge is 0.357 e. The Kier molecular flexibility index (Phi) is 8.12. The van der Waals surface area contributed by atoms with Crippen molar-refractivity contribution in [3.8, 4) is 0 Å². The minimum Gasteiger partial charge on any atom is -0.357 e. The number of guanidine groups is 1. The van der Waals surface area contributed by atoms with E-state index < -0.39 is 0 Å². The zero-order valence-electron chi connectivity index (χ0n) is 18.3. The van der Waals surface area contributed by atoms with Gasteiger partial charge in [-0.1, -0.05) is 12.2 Å². The van der Waals surface area contributed by atoms with Crippen LogP contribution in [0.15, 0.2) is 23.3 Å². The molecule has 1 aromatic rings. The summed E-state index contributed by atoms with van der Waals surface area (Å²) in [5, 5.41) is 13.6. The molecule has 31 heavy (non-hydrogen) atoms. The first-order valence-corrected chi connectivity index (χ1v) is 11.1. The van der Waals surface area contributed by atoms with Crippen LogP contribution in [0.4, 0.5) is 0 Å². The van der Waals surface area contributed by atoms with Gasteiger partial charge in [0.1, 0.15) is 0 Å². The summed E-state index contributed by atoms with van der Waals surface area (Å²) in [6.07, 6.45) is 9.76. The van der Waals surface area contributed by atoms with Crippen molar-refractivity contribution in [1.82, 2.24) is 25.7 Å². The lowest BCUT2D eigenvalue weighted by atomic mass is 9.85. The number of hydrogen-bond donors (Lipinski definition) is 3. The van der Waals surface area contributed by atoms with E-state index in [4.69, 9.17) is 0 Å². The maximum atomic E-state index is 12.7. The molecule has 4 rings (SSSR count). The van der Waals surface area contributed by atoms with E-state index in [1.54, 1.807) is 0 Å². The van der Waals surface area contributed by atoms with Crippen LogP contribution < -0.4 is 10.6 Å². The van der Waals surface area contributed by atoms with Gasteiger partial charge in [0.2, 0.25) is 11.8 Å². The number of likely N-dealkylation sites (tertiary alicyclic amines) is 1. The smallest absolute Gasteiger partial charge is 0.233 e. The Balaban J connectivity index is 0.00000272. The van der Waals surface area contributed by atoms with Gasteiger partial charge in [0.05, 0.1) is 18.0 Å². The first-order valence-electron chi connectivity index (χ1n) is 11.1. The highest BCUT2D eigenvalue weighted by Crippen LogP contribution is 2.52. The molecule has 4 unspecified atom stereocenters. The first kappa shape index (κ1) is 23.7. The van der Waals surface area contributed by atoms with E-state index in [-0.39, 0.29) is 59.5 Å². The Morgan fingerprint density at radius 2 is 1.90 bits per heavy atom. The van der Waals surface area contributed by atoms with Gasteiger partial charge in [0, 0.05) is 31.9 Å². The van der Waals surface area contributed by atoms with E-state index in [0.717, 1.165) is 44.0 Å². The molecule has 2 bridgehead atoms. The van der Waals surface area contributed by atoms with Crippen molar-refractivity contribution in [2.45, 2.75) is 39.5 Å². The maximum absolute atomic E-state index is 12.7. The van der Waals surface area contributed by atoms with E-state index >= 15 is 0 Å². The van der Waals surface area contributed by atoms with Gasteiger partial charge in [-0.3, -0.25) is 24.6 Å². The van der Waals surface area contributed by atoms with E-state index in [9.17, 15) is 9.59 Å². The molecule has 0 aromatic carbocycles. The van der Waals surface area contributed by atoms with Crippen LogP contribution in [0.2, 0.25) is 0 Å². The van der Waals surface area contributed by atoms with Crippen molar-refractivity contribution in [3.05, 3.63) is 29.6 Å². The van der Waals surface area contributed by atoms with Crippen molar-refractivity contribution in [2.24, 2.45) is 28.7 Å². The van der Waals surface area contributed by atoms with Gasteiger partial charge in [0.25, 0.3) is 0 Å². The molecule has 3 aliphatic rings. The Labute approximate surface area is 200 Å². The maximum Gasteiger partial charge on any atom is 0.233 e. The van der Waals surface area contributed by atoms with Crippen molar-refractivity contribution < 1.29 is 9.59 Å². The monoisotopic (exact) mass is 540 g/mol. The summed E-state index contributed by atoms with van der Waals surface area (Å²) in [5.41, 5.74) is 2.36. The number of rotatable bonds is 9. The number of aromatic nitrogens is 2. The molecule has 0 radical (unpaired) electrons. The zero-order chi connectivity index (χ0) is 21.1. The van der Waals surface area contributed by atoms with Gasteiger partial charge < -0.3 is 10.6 Å². The molecule has 2 amide bonds. The normalized spacial score (nSPS) is 26.4. The number of hydrogen-bond acceptors (Lipinski definition) is 4. The van der Waals surface area contributed by atoms with Gasteiger partial charge in [-0.25, -0.2) is 0 Å². The SMILES string of the molecule is CCNC(=NCCCN1C(=O)C2C3C=CC(C3)C2C1=O)NCCCc1cn[nH]c1C.I. The van der Waals surface area contributed by atoms with Crippen molar-refractivity contribution >= 4 is 41.8 Å². The Hall–Kier alpha value is -1.91. The molecule has 9 heteroatoms. The summed E-state index contributed by atoms with van der Waals surface area (Å²) >= 11 is 0. The molecule has 170 valence electrons. The fourth-order valence-electron chi connectivity index (χ4n) is 5.06. The van der Waals surface area contributed by atoms with Crippen LogP contribution in [0.1, 0.15) is 37.4 Å². The summed E-state index contributed by atoms with van der Waals surface area (Å²) in [6, 6.07) is 0. The molecule has 2 aliphatic carbocycles. The highest BCUT2D eigenvalue weighted by molar-refractivity contribution is 14.0. The molecule has 8 nitrogen and oxygen atoms in total. The third-order valence-corrected chi connectivity index (χ3v) is 6.57. The Bertz CT molecular complexity index is 821. The lowest BCUT2D eigenvalue weighted by molar-refractivity contribution is -0.140. The minimum absolute atomic E-state index is 0. The third kappa shape index (κ3) is 4.96. The quantitative estimate of drug-likeness (QED) is 0.111. The lowest BCUT2D eigenvalue weighted by Crippen LogP contribution is -2.38. The third-order valence-electron chi connectivity index (χ3n) is 6.57. The topological polar surface area (TPSA) is 102 Å². The van der Waals surface area contributed by atoms with Crippen LogP contribution in [0.25, 0.3) is 0 Å². The first-order chi connectivity index (χ1) is 14.6. The summed E-state index contributed by atoms with van der Waals surface area (Å²) in [7, 11) is 0. The molecule has 2 heterocycles. The number of aliphatic imine (C=N–C) groups is 1. The molecule has 0 spiro atoms. The molecule has 3 N–H and O–H groups in total. The van der Waals surface area contributed by atoms with E-state index in [0.29, 0.717) is 19.5 Å². The number of H-pyrrole nitrogens is 1. The number of carbonyl (C=O) groups is 2. The van der Waals surface area contributed by atoms with Gasteiger partial charge in [-0.05, 0) is 56.9 Å². The predicted octanol–water partition coefficient (Wildman–Crippen LogP) is 2.02. The number of halogens is 1. The number of aryl methyl sites for hydroxylation is 2. The standard InChI is InChI=1S/C22H32N6O2.HI/c1-3-23-22(24-9-4-6-17-13-26-27-14(17)2)25-10-5-11-28-20(29)18-15-7-8-16(12-15)19(18)21(28)30;/h7-8,13,15-16,18-19H,3-6,9-12H2,1-2H3,(H,26,27)(H2,23,24,25);1H. The Morgan fingerprint density at radius 1 is 1.19 bits per heavy atom. The molecule has 1 saturated carbocycles. The highest BCUT2D eigenvalue weighted by atomic mass is 127. The predicted molar refractivity (Wildman–Crippen MR) is 130 cm³/mol. The number of aromatic amines is 1. The Morgan fingerprint density at radius 3 is 2.52 bits per heavy atom. The van der Waals surface area contributed by atoms with Gasteiger partial charge >= 0.3 is 0 Å². The van der Waals surface area contributed by atoms with Crippen LogP contribution in [-0.4, -0.2) is 59.1 Å². The number of allylic oxidation sites excluding steroid dienone is 2. The summed E-state index contributed by atoms with van der Waals surface area (Å²) in [4.78, 5) is 31.5. The minimum atomic E-state index is -0.103. The average Bonchev–Trinajstić information content (AvgIpc) is 3.49. The number of fused-ring (bicyclic) bond motifs is 5. The molecule has 2 fully saturated rings. The molecule has 1 aromatic heterocycles. The van der Waals surface area contributed by atoms with E-state index in [1.807, 2.05) is 20.0 Å². The van der Waals surface area contributed by atoms with Crippen LogP contribution >= 0.6 is 24.0 Å². The number of nitrogens with one attached hydrogen (secondary N) is 3. The molecular formula is C22H33IN6O2. The second-order valence-corrected chi connectivity index (χ2v) is 8.49. The fourth-order valence-corrected chi connectivity index (χ4v) is 5.06. The van der Waals surface area contributed by atoms with E-state index in [1.165, 1.54) is 10.5 Å². The van der Waals surface area contributed by atoms with Gasteiger partial charge in [0.15, 0.2) is 5.96 Å². The highest BCUT2D eigenvalue weighted by Gasteiger charge is 2.58. The van der Waals surface area contributed by atoms with Crippen LogP contribution in [-0.2, 0) is 16.0 Å². The zero-order valence-corrected chi connectivity index (χ0v) is 20.6. The second-order valence-electron chi connectivity index (χ2n) is 8.49. The summed E-state index contributed by atoms with van der Waals surface area (Å²) < 4.78 is 0. The molecule has 4 atom stereocenters. The average molecular weight is 540 g/mol. The second kappa shape index (κ2) is 10.6. The van der Waals surface area contributed by atoms with E-state index in [2.05, 4.69) is 38.0 Å². The van der Waals surface area contributed by atoms with Crippen molar-refractivity contribution in [3.63, 3.8) is 0 Å². The molecular weight excluding hydrogens is 507 g/mol. The summed E-state index contributed by atoms with van der Waals surface area (Å²) in [5.74, 6) is 1.18. The number of carbonyl (C=O) groups excluding carboxylic acids is 2. The van der Waals surface area contributed by atoms with Crippen LogP contribution in [0.5, 0.6) is 0 Å². The molecule has 1 saturated heterocycles. The number of nitrogens with zero attached hydrogens (tertiary/aromatic N) is 3. The van der Waals surface area contributed by atoms with Crippen molar-refractivity contribution in [2.75, 3.05) is 26.2 Å². The lowest BCUT2D eigenvalue weighted by Gasteiger charge is -2.17. The number of amides is 2. The summed E-state index contributed by atoms with van der Waals surface area (Å²) in [6.45, 7) is 6.72. The van der Waals surface area contributed by atoms with Crippen molar-refractivity contribution in [1.29, 1.82) is 0 Å². The van der Waals surface area contributed by atoms with Gasteiger partial charge in [-0.15, -0.1) is 24.0 Å². The van der Waals surface area contributed by atoms with Gasteiger partial charge in [-0.2, -0.15) is 5.10 Å². The van der Waals surface area contributed by atoms with Crippen LogP contribution in [0, 0.1) is 30.6 Å². The number of imide groups is 1. The molecule has 1 aliphatic heterocycles. The van der Waals surface area contributed by atoms with Crippen LogP contribution in [0.3, 0.4) is 0 Å². The fraction of sp³-hybridized carbons (Fsp3) is 0.636.